The summed E-state index contributed by atoms with van der Waals surface area (Å²) in [6.45, 7) is 3.92. The lowest BCUT2D eigenvalue weighted by Gasteiger charge is -2.10. The molecule has 0 radical (unpaired) electrons. The van der Waals surface area contributed by atoms with E-state index in [0.717, 1.165) is 16.7 Å². The highest BCUT2D eigenvalue weighted by atomic mass is 15.0. The van der Waals surface area contributed by atoms with Crippen molar-refractivity contribution in [1.82, 2.24) is 9.97 Å². The highest BCUT2D eigenvalue weighted by Crippen LogP contribution is 2.28. The number of nitrogen functional groups attached to an aromatic ring is 2. The van der Waals surface area contributed by atoms with Gasteiger partial charge in [0.2, 0.25) is 5.95 Å². The van der Waals surface area contributed by atoms with Crippen LogP contribution in [0.25, 0.3) is 11.3 Å². The van der Waals surface area contributed by atoms with Gasteiger partial charge in [-0.25, -0.2) is 4.98 Å². The van der Waals surface area contributed by atoms with Crippen LogP contribution in [-0.2, 0) is 0 Å². The molecule has 5 heteroatoms. The van der Waals surface area contributed by atoms with Crippen LogP contribution in [0, 0.1) is 25.2 Å². The van der Waals surface area contributed by atoms with Crippen molar-refractivity contribution in [3.8, 4) is 17.3 Å². The summed E-state index contributed by atoms with van der Waals surface area (Å²) in [5, 5.41) is 9.16. The van der Waals surface area contributed by atoms with E-state index >= 15 is 0 Å². The fraction of sp³-hybridized carbons (Fsp3) is 0.154. The number of nitriles is 1. The molecule has 0 saturated carbocycles. The predicted molar refractivity (Wildman–Crippen MR) is 70.5 cm³/mol. The minimum absolute atomic E-state index is 0.0717. The summed E-state index contributed by atoms with van der Waals surface area (Å²) in [6.07, 6.45) is 0. The normalized spacial score (nSPS) is 10.1. The molecule has 1 aromatic carbocycles. The topological polar surface area (TPSA) is 102 Å². The molecule has 0 amide bonds. The maximum Gasteiger partial charge on any atom is 0.222 e. The SMILES string of the molecule is Cc1ccc(C)c(-c2nc(N)nc(N)c2C#N)c1. The third kappa shape index (κ3) is 1.96. The summed E-state index contributed by atoms with van der Waals surface area (Å²) < 4.78 is 0. The van der Waals surface area contributed by atoms with Crippen molar-refractivity contribution >= 4 is 11.8 Å². The van der Waals surface area contributed by atoms with Crippen molar-refractivity contribution in [3.63, 3.8) is 0 Å². The fourth-order valence-corrected chi connectivity index (χ4v) is 1.79. The van der Waals surface area contributed by atoms with Crippen molar-refractivity contribution in [2.75, 3.05) is 11.5 Å². The lowest BCUT2D eigenvalue weighted by atomic mass is 10.00. The lowest BCUT2D eigenvalue weighted by molar-refractivity contribution is 1.18. The van der Waals surface area contributed by atoms with E-state index in [-0.39, 0.29) is 17.3 Å². The molecule has 90 valence electrons. The van der Waals surface area contributed by atoms with Gasteiger partial charge in [-0.15, -0.1) is 0 Å². The average molecular weight is 239 g/mol. The first-order chi connectivity index (χ1) is 8.52. The molecule has 4 N–H and O–H groups in total. The van der Waals surface area contributed by atoms with Gasteiger partial charge in [-0.05, 0) is 25.5 Å². The molecule has 0 unspecified atom stereocenters. The van der Waals surface area contributed by atoms with Gasteiger partial charge < -0.3 is 11.5 Å². The maximum atomic E-state index is 9.16. The summed E-state index contributed by atoms with van der Waals surface area (Å²) >= 11 is 0. The predicted octanol–water partition coefficient (Wildman–Crippen LogP) is 1.80. The third-order valence-corrected chi connectivity index (χ3v) is 2.71. The molecule has 0 aliphatic heterocycles. The van der Waals surface area contributed by atoms with Gasteiger partial charge in [0, 0.05) is 5.56 Å². The Morgan fingerprint density at radius 3 is 2.56 bits per heavy atom. The Hall–Kier alpha value is -2.61. The minimum atomic E-state index is 0.0717. The number of aromatic nitrogens is 2. The zero-order chi connectivity index (χ0) is 13.3. The van der Waals surface area contributed by atoms with Crippen LogP contribution < -0.4 is 11.5 Å². The van der Waals surface area contributed by atoms with Crippen LogP contribution in [0.2, 0.25) is 0 Å². The molecular formula is C13H13N5. The van der Waals surface area contributed by atoms with E-state index in [0.29, 0.717) is 5.69 Å². The van der Waals surface area contributed by atoms with Gasteiger partial charge in [-0.2, -0.15) is 10.2 Å². The second kappa shape index (κ2) is 4.34. The third-order valence-electron chi connectivity index (χ3n) is 2.71. The molecule has 0 aliphatic carbocycles. The van der Waals surface area contributed by atoms with Gasteiger partial charge in [-0.3, -0.25) is 0 Å². The maximum absolute atomic E-state index is 9.16. The van der Waals surface area contributed by atoms with Gasteiger partial charge in [0.25, 0.3) is 0 Å². The molecule has 1 heterocycles. The molecule has 5 nitrogen and oxygen atoms in total. The van der Waals surface area contributed by atoms with Crippen molar-refractivity contribution in [1.29, 1.82) is 5.26 Å². The average Bonchev–Trinajstić information content (AvgIpc) is 2.31. The number of aryl methyl sites for hydroxylation is 2. The Morgan fingerprint density at radius 2 is 1.89 bits per heavy atom. The second-order valence-electron chi connectivity index (χ2n) is 4.12. The quantitative estimate of drug-likeness (QED) is 0.790. The highest BCUT2D eigenvalue weighted by Gasteiger charge is 2.14. The summed E-state index contributed by atoms with van der Waals surface area (Å²) in [7, 11) is 0. The Balaban J connectivity index is 2.78. The van der Waals surface area contributed by atoms with E-state index in [4.69, 9.17) is 16.7 Å². The van der Waals surface area contributed by atoms with E-state index in [1.165, 1.54) is 0 Å². The summed E-state index contributed by atoms with van der Waals surface area (Å²) in [4.78, 5) is 7.95. The van der Waals surface area contributed by atoms with Gasteiger partial charge in [0.15, 0.2) is 0 Å². The molecule has 18 heavy (non-hydrogen) atoms. The first kappa shape index (κ1) is 11.9. The smallest absolute Gasteiger partial charge is 0.222 e. The molecule has 0 bridgehead atoms. The Kier molecular flexibility index (Phi) is 2.86. The number of nitrogens with two attached hydrogens (primary N) is 2. The molecule has 0 atom stereocenters. The van der Waals surface area contributed by atoms with Crippen molar-refractivity contribution in [2.24, 2.45) is 0 Å². The largest absolute Gasteiger partial charge is 0.382 e. The zero-order valence-electron chi connectivity index (χ0n) is 10.2. The number of rotatable bonds is 1. The number of hydrogen-bond acceptors (Lipinski definition) is 5. The van der Waals surface area contributed by atoms with E-state index in [2.05, 4.69) is 9.97 Å². The minimum Gasteiger partial charge on any atom is -0.382 e. The van der Waals surface area contributed by atoms with E-state index in [1.54, 1.807) is 0 Å². The van der Waals surface area contributed by atoms with Crippen LogP contribution in [0.3, 0.4) is 0 Å². The lowest BCUT2D eigenvalue weighted by Crippen LogP contribution is -2.05. The molecule has 0 aliphatic rings. The fourth-order valence-electron chi connectivity index (χ4n) is 1.79. The molecule has 0 fully saturated rings. The van der Waals surface area contributed by atoms with Crippen LogP contribution in [0.15, 0.2) is 18.2 Å². The van der Waals surface area contributed by atoms with Crippen LogP contribution in [0.5, 0.6) is 0 Å². The van der Waals surface area contributed by atoms with Gasteiger partial charge in [-0.1, -0.05) is 17.7 Å². The summed E-state index contributed by atoms with van der Waals surface area (Å²) in [5.41, 5.74) is 15.0. The van der Waals surface area contributed by atoms with Crippen LogP contribution in [-0.4, -0.2) is 9.97 Å². The van der Waals surface area contributed by atoms with Crippen molar-refractivity contribution in [3.05, 3.63) is 34.9 Å². The highest BCUT2D eigenvalue weighted by molar-refractivity contribution is 5.75. The van der Waals surface area contributed by atoms with E-state index < -0.39 is 0 Å². The standard InChI is InChI=1S/C13H13N5/c1-7-3-4-8(2)9(5-7)11-10(6-14)12(15)18-13(16)17-11/h3-5H,1-2H3,(H4,15,16,17,18). The zero-order valence-corrected chi connectivity index (χ0v) is 10.2. The number of hydrogen-bond donors (Lipinski definition) is 2. The van der Waals surface area contributed by atoms with Gasteiger partial charge in [0.1, 0.15) is 17.5 Å². The first-order valence-electron chi connectivity index (χ1n) is 5.43. The van der Waals surface area contributed by atoms with Crippen molar-refractivity contribution in [2.45, 2.75) is 13.8 Å². The van der Waals surface area contributed by atoms with Crippen LogP contribution >= 0.6 is 0 Å². The Morgan fingerprint density at radius 1 is 1.17 bits per heavy atom. The summed E-state index contributed by atoms with van der Waals surface area (Å²) in [6, 6.07) is 7.96. The molecule has 0 spiro atoms. The van der Waals surface area contributed by atoms with E-state index in [9.17, 15) is 0 Å². The van der Waals surface area contributed by atoms with Gasteiger partial charge >= 0.3 is 0 Å². The monoisotopic (exact) mass is 239 g/mol. The molecule has 1 aromatic heterocycles. The van der Waals surface area contributed by atoms with Crippen LogP contribution in [0.4, 0.5) is 11.8 Å². The molecule has 0 saturated heterocycles. The Bertz CT molecular complexity index is 655. The number of anilines is 2. The number of benzene rings is 1. The Labute approximate surface area is 105 Å². The molecule has 2 rings (SSSR count). The molecular weight excluding hydrogens is 226 g/mol. The number of nitrogens with zero attached hydrogens (tertiary/aromatic N) is 3. The van der Waals surface area contributed by atoms with Gasteiger partial charge in [0.05, 0.1) is 5.69 Å². The first-order valence-corrected chi connectivity index (χ1v) is 5.43. The summed E-state index contributed by atoms with van der Waals surface area (Å²) in [5.74, 6) is 0.184. The van der Waals surface area contributed by atoms with E-state index in [1.807, 2.05) is 38.1 Å². The second-order valence-corrected chi connectivity index (χ2v) is 4.12. The van der Waals surface area contributed by atoms with Crippen LogP contribution in [0.1, 0.15) is 16.7 Å². The molecule has 2 aromatic rings. The van der Waals surface area contributed by atoms with Crippen molar-refractivity contribution < 1.29 is 0 Å².